The van der Waals surface area contributed by atoms with Crippen molar-refractivity contribution < 1.29 is 33.0 Å². The van der Waals surface area contributed by atoms with Gasteiger partial charge in [-0.15, -0.1) is 0 Å². The zero-order chi connectivity index (χ0) is 24.8. The lowest BCUT2D eigenvalue weighted by Crippen LogP contribution is -2.51. The molecular weight excluding hydrogens is 446 g/mol. The lowest BCUT2D eigenvalue weighted by Gasteiger charge is -2.31. The first kappa shape index (κ1) is 23.7. The van der Waals surface area contributed by atoms with E-state index in [1.807, 2.05) is 48.5 Å². The fourth-order valence-corrected chi connectivity index (χ4v) is 4.45. The second kappa shape index (κ2) is 8.38. The Morgan fingerprint density at radius 1 is 1.06 bits per heavy atom. The number of hydrogen-bond acceptors (Lipinski definition) is 4. The van der Waals surface area contributed by atoms with Gasteiger partial charge < -0.3 is 20.1 Å². The lowest BCUT2D eigenvalue weighted by atomic mass is 9.98. The molecule has 0 unspecified atom stereocenters. The SMILES string of the molecule is CN(C(=O)[C@@H]1[C@H](CNC(=O)OCC2c3ccccc3-c3ccccc32)C1(F)F)C(C)(C)C(=O)O. The Labute approximate surface area is 195 Å². The van der Waals surface area contributed by atoms with E-state index in [9.17, 15) is 28.3 Å². The van der Waals surface area contributed by atoms with Gasteiger partial charge in [-0.1, -0.05) is 48.5 Å². The van der Waals surface area contributed by atoms with Gasteiger partial charge in [-0.25, -0.2) is 18.4 Å². The topological polar surface area (TPSA) is 95.9 Å². The van der Waals surface area contributed by atoms with Crippen LogP contribution in [0.1, 0.15) is 30.9 Å². The van der Waals surface area contributed by atoms with Crippen molar-refractivity contribution in [3.63, 3.8) is 0 Å². The molecule has 2 aliphatic rings. The van der Waals surface area contributed by atoms with Crippen LogP contribution in [-0.2, 0) is 14.3 Å². The van der Waals surface area contributed by atoms with Crippen LogP contribution in [0.3, 0.4) is 0 Å². The predicted octanol–water partition coefficient (Wildman–Crippen LogP) is 3.73. The van der Waals surface area contributed by atoms with Crippen LogP contribution in [0.2, 0.25) is 0 Å². The highest BCUT2D eigenvalue weighted by Gasteiger charge is 2.72. The van der Waals surface area contributed by atoms with E-state index >= 15 is 0 Å². The van der Waals surface area contributed by atoms with Crippen LogP contribution < -0.4 is 5.32 Å². The number of likely N-dealkylation sites (N-methyl/N-ethyl adjacent to an activating group) is 1. The van der Waals surface area contributed by atoms with Crippen molar-refractivity contribution in [2.24, 2.45) is 11.8 Å². The number of fused-ring (bicyclic) bond motifs is 3. The number of carboxylic acids is 1. The number of benzene rings is 2. The summed E-state index contributed by atoms with van der Waals surface area (Å²) in [6, 6.07) is 15.6. The number of alkyl halides is 2. The Kier molecular flexibility index (Phi) is 5.83. The number of carbonyl (C=O) groups excluding carboxylic acids is 2. The molecule has 0 bridgehead atoms. The van der Waals surface area contributed by atoms with Gasteiger partial charge in [-0.3, -0.25) is 4.79 Å². The summed E-state index contributed by atoms with van der Waals surface area (Å²) in [7, 11) is 1.18. The van der Waals surface area contributed by atoms with Crippen molar-refractivity contribution in [2.45, 2.75) is 31.2 Å². The highest BCUT2D eigenvalue weighted by atomic mass is 19.3. The monoisotopic (exact) mass is 472 g/mol. The predicted molar refractivity (Wildman–Crippen MR) is 119 cm³/mol. The molecule has 2 aromatic carbocycles. The molecule has 9 heteroatoms. The van der Waals surface area contributed by atoms with Gasteiger partial charge in [-0.05, 0) is 36.1 Å². The molecule has 2 N–H and O–H groups in total. The Balaban J connectivity index is 1.35. The summed E-state index contributed by atoms with van der Waals surface area (Å²) in [6.07, 6.45) is -0.852. The molecule has 2 aliphatic carbocycles. The highest BCUT2D eigenvalue weighted by molar-refractivity contribution is 5.90. The van der Waals surface area contributed by atoms with E-state index in [-0.39, 0.29) is 12.5 Å². The molecular formula is C25H26F2N2O5. The number of carbonyl (C=O) groups is 3. The van der Waals surface area contributed by atoms with Gasteiger partial charge in [0.05, 0.1) is 5.92 Å². The van der Waals surface area contributed by atoms with Crippen molar-refractivity contribution in [3.05, 3.63) is 59.7 Å². The third kappa shape index (κ3) is 3.89. The minimum Gasteiger partial charge on any atom is -0.480 e. The van der Waals surface area contributed by atoms with Crippen LogP contribution >= 0.6 is 0 Å². The Morgan fingerprint density at radius 3 is 2.12 bits per heavy atom. The molecule has 1 saturated carbocycles. The fraction of sp³-hybridized carbons (Fsp3) is 0.400. The molecule has 0 saturated heterocycles. The van der Waals surface area contributed by atoms with E-state index in [0.717, 1.165) is 27.2 Å². The molecule has 0 heterocycles. The summed E-state index contributed by atoms with van der Waals surface area (Å²) in [5.41, 5.74) is 2.56. The Bertz CT molecular complexity index is 1100. The molecule has 4 rings (SSSR count). The molecule has 0 aliphatic heterocycles. The first-order valence-corrected chi connectivity index (χ1v) is 11.0. The number of halogens is 2. The maximum atomic E-state index is 14.3. The van der Waals surface area contributed by atoms with E-state index < -0.39 is 47.8 Å². The number of amides is 2. The first-order valence-electron chi connectivity index (χ1n) is 11.0. The Hall–Kier alpha value is -3.49. The maximum absolute atomic E-state index is 14.3. The van der Waals surface area contributed by atoms with Crippen molar-refractivity contribution in [2.75, 3.05) is 20.2 Å². The Morgan fingerprint density at radius 2 is 1.59 bits per heavy atom. The van der Waals surface area contributed by atoms with Gasteiger partial charge in [0.2, 0.25) is 5.91 Å². The van der Waals surface area contributed by atoms with Gasteiger partial charge in [0.15, 0.2) is 0 Å². The van der Waals surface area contributed by atoms with Crippen molar-refractivity contribution in [1.82, 2.24) is 10.2 Å². The van der Waals surface area contributed by atoms with Crippen molar-refractivity contribution in [1.29, 1.82) is 0 Å². The van der Waals surface area contributed by atoms with Crippen LogP contribution in [0.4, 0.5) is 13.6 Å². The maximum Gasteiger partial charge on any atom is 0.407 e. The quantitative estimate of drug-likeness (QED) is 0.640. The standard InChI is InChI=1S/C25H26F2N2O5/c1-24(2,22(31)32)29(3)21(30)20-19(25(20,26)27)12-28-23(33)34-13-18-16-10-6-4-8-14(16)15-9-5-7-11-17(15)18/h4-11,18-20H,12-13H2,1-3H3,(H,28,33)(H,31,32)/t19-,20-/m0/s1. The van der Waals surface area contributed by atoms with Gasteiger partial charge in [0, 0.05) is 19.5 Å². The van der Waals surface area contributed by atoms with Crippen LogP contribution in [0, 0.1) is 11.8 Å². The number of nitrogens with one attached hydrogen (secondary N) is 1. The van der Waals surface area contributed by atoms with E-state index in [1.54, 1.807) is 0 Å². The van der Waals surface area contributed by atoms with Crippen LogP contribution in [0.5, 0.6) is 0 Å². The summed E-state index contributed by atoms with van der Waals surface area (Å²) in [5.74, 6) is -8.90. The minimum atomic E-state index is -3.34. The third-order valence-corrected chi connectivity index (χ3v) is 6.97. The summed E-state index contributed by atoms with van der Waals surface area (Å²) < 4.78 is 33.9. The number of nitrogens with zero attached hydrogens (tertiary/aromatic N) is 1. The van der Waals surface area contributed by atoms with E-state index in [2.05, 4.69) is 5.32 Å². The third-order valence-electron chi connectivity index (χ3n) is 6.97. The van der Waals surface area contributed by atoms with Gasteiger partial charge in [0.1, 0.15) is 18.1 Å². The molecule has 0 radical (unpaired) electrons. The second-order valence-electron chi connectivity index (χ2n) is 9.23. The molecule has 34 heavy (non-hydrogen) atoms. The van der Waals surface area contributed by atoms with Gasteiger partial charge in [0.25, 0.3) is 5.92 Å². The van der Waals surface area contributed by atoms with Gasteiger partial charge >= 0.3 is 12.1 Å². The summed E-state index contributed by atoms with van der Waals surface area (Å²) >= 11 is 0. The summed E-state index contributed by atoms with van der Waals surface area (Å²) in [4.78, 5) is 36.9. The molecule has 2 amide bonds. The number of carboxylic acid groups (broad SMARTS) is 1. The van der Waals surface area contributed by atoms with Crippen LogP contribution in [0.15, 0.2) is 48.5 Å². The number of aliphatic carboxylic acids is 1. The molecule has 2 atom stereocenters. The van der Waals surface area contributed by atoms with E-state index in [0.29, 0.717) is 0 Å². The van der Waals surface area contributed by atoms with Crippen LogP contribution in [-0.4, -0.2) is 59.6 Å². The van der Waals surface area contributed by atoms with E-state index in [1.165, 1.54) is 20.9 Å². The lowest BCUT2D eigenvalue weighted by molar-refractivity contribution is -0.156. The van der Waals surface area contributed by atoms with Crippen LogP contribution in [0.25, 0.3) is 11.1 Å². The second-order valence-corrected chi connectivity index (χ2v) is 9.23. The number of hydrogen-bond donors (Lipinski definition) is 2. The molecule has 0 aromatic heterocycles. The zero-order valence-corrected chi connectivity index (χ0v) is 19.0. The summed E-state index contributed by atoms with van der Waals surface area (Å²) in [5, 5.41) is 11.6. The smallest absolute Gasteiger partial charge is 0.407 e. The first-order chi connectivity index (χ1) is 16.0. The van der Waals surface area contributed by atoms with E-state index in [4.69, 9.17) is 4.74 Å². The molecule has 0 spiro atoms. The fourth-order valence-electron chi connectivity index (χ4n) is 4.45. The average Bonchev–Trinajstić information content (AvgIpc) is 3.21. The van der Waals surface area contributed by atoms with Crippen molar-refractivity contribution in [3.8, 4) is 11.1 Å². The molecule has 7 nitrogen and oxygen atoms in total. The molecule has 1 fully saturated rings. The van der Waals surface area contributed by atoms with Crippen molar-refractivity contribution >= 4 is 18.0 Å². The zero-order valence-electron chi connectivity index (χ0n) is 19.0. The largest absolute Gasteiger partial charge is 0.480 e. The summed E-state index contributed by atoms with van der Waals surface area (Å²) in [6.45, 7) is 2.11. The minimum absolute atomic E-state index is 0.0405. The molecule has 180 valence electrons. The number of alkyl carbamates (subject to hydrolysis) is 1. The molecule has 2 aromatic rings. The van der Waals surface area contributed by atoms with Gasteiger partial charge in [-0.2, -0.15) is 0 Å². The normalized spacial score (nSPS) is 20.1. The highest BCUT2D eigenvalue weighted by Crippen LogP contribution is 2.56. The number of rotatable bonds is 7. The average molecular weight is 472 g/mol. The number of ether oxygens (including phenoxy) is 1.